The lowest BCUT2D eigenvalue weighted by Crippen LogP contribution is -1.92. The molecule has 0 fully saturated rings. The van der Waals surface area contributed by atoms with Gasteiger partial charge < -0.3 is 4.42 Å². The fourth-order valence-electron chi connectivity index (χ4n) is 8.21. The van der Waals surface area contributed by atoms with Gasteiger partial charge in [-0.25, -0.2) is 4.98 Å². The monoisotopic (exact) mass is 887 g/mol. The minimum Gasteiger partial charge on any atom is -0.455 e. The molecule has 0 aliphatic carbocycles. The Bertz CT molecular complexity index is 5890. The summed E-state index contributed by atoms with van der Waals surface area (Å²) in [6.07, 6.45) is -0.683. The fraction of sp³-hybridized carbons (Fsp3) is 0. The Balaban J connectivity index is 1.23. The highest BCUT2D eigenvalue weighted by molar-refractivity contribution is 6.23. The number of nitrogens with zero attached hydrogens (tertiary/aromatic N) is 2. The molecule has 0 radical (unpaired) electrons. The van der Waals surface area contributed by atoms with Crippen molar-refractivity contribution < 1.29 is 51.0 Å². The predicted octanol–water partition coefficient (Wildman–Crippen LogP) is 17.5. The molecule has 0 saturated heterocycles. The van der Waals surface area contributed by atoms with Gasteiger partial charge in [0.1, 0.15) is 11.5 Å². The molecule has 312 valence electrons. The Morgan fingerprint density at radius 1 is 0.328 bits per heavy atom. The van der Waals surface area contributed by atoms with Gasteiger partial charge in [-0.3, -0.25) is 4.98 Å². The standard InChI is InChI=1S/C64H40N2O/c1-4-17-42(18-5-1)57-52-26-12-14-28-54(52)60(55-29-15-13-27-53(55)57)64-59(43-19-6-2-7-20-43)58(63(67-64)47-21-8-3-9-22-47)44-32-30-41(31-33-44)48-37-38-51(50-25-11-10-24-49(48)50)56-39-36-46-35-34-45-23-16-40-65-61(45)62(46)66-56/h1-40H/i1D,2D,3D,4D,5D,6D,7D,8D,9D,12D,13D,14D,15D,16D,17D,18D,19D,20D,21D,22D,23D,26D,27D,28D,29D,30D,31D,32D,33D,34D,35D,36D,39D,40D. The zero-order valence-corrected chi connectivity index (χ0v) is 33.8. The maximum atomic E-state index is 10.2. The number of hydrogen-bond acceptors (Lipinski definition) is 3. The number of rotatable bonds is 7. The Labute approximate surface area is 435 Å². The molecule has 0 atom stereocenters. The summed E-state index contributed by atoms with van der Waals surface area (Å²) in [7, 11) is 0. The Morgan fingerprint density at radius 2 is 0.806 bits per heavy atom. The van der Waals surface area contributed by atoms with E-state index in [0.717, 1.165) is 0 Å². The molecule has 3 heterocycles. The second kappa shape index (κ2) is 16.0. The second-order valence-electron chi connectivity index (χ2n) is 14.6. The lowest BCUT2D eigenvalue weighted by atomic mass is 9.85. The summed E-state index contributed by atoms with van der Waals surface area (Å²) in [5, 5.41) is -3.90. The van der Waals surface area contributed by atoms with Crippen LogP contribution in [0.15, 0.2) is 246 Å². The third-order valence-corrected chi connectivity index (χ3v) is 11.0. The van der Waals surface area contributed by atoms with Crippen molar-refractivity contribution in [3.63, 3.8) is 0 Å². The first kappa shape index (κ1) is 17.5. The molecule has 3 nitrogen and oxygen atoms in total. The quantitative estimate of drug-likeness (QED) is 0.118. The summed E-state index contributed by atoms with van der Waals surface area (Å²) in [5.74, 6) is -2.21. The molecular weight excluding hydrogens is 813 g/mol. The van der Waals surface area contributed by atoms with Gasteiger partial charge in [0.15, 0.2) is 0 Å². The highest BCUT2D eigenvalue weighted by atomic mass is 16.3. The molecule has 3 heteroatoms. The van der Waals surface area contributed by atoms with Gasteiger partial charge in [0.25, 0.3) is 0 Å². The van der Waals surface area contributed by atoms with Crippen molar-refractivity contribution in [1.82, 2.24) is 9.97 Å². The minimum atomic E-state index is -1.18. The summed E-state index contributed by atoms with van der Waals surface area (Å²) in [5.41, 5.74) is -8.96. The summed E-state index contributed by atoms with van der Waals surface area (Å²) < 4.78 is 319. The average molecular weight is 887 g/mol. The lowest BCUT2D eigenvalue weighted by Gasteiger charge is -2.17. The summed E-state index contributed by atoms with van der Waals surface area (Å²) in [6.45, 7) is 0. The summed E-state index contributed by atoms with van der Waals surface area (Å²) >= 11 is 0. The van der Waals surface area contributed by atoms with E-state index in [1.54, 1.807) is 6.07 Å². The SMILES string of the molecule is [2H]c1nc2c(c([2H])c1[2H])c([2H])c([2H])c1c([2H])c([2H])c(-c3ccc(-c4c([2H])c([2H])c(-c5c(-c6c([2H])c([2H])c([2H])c([2H])c6[2H])oc(-c6c7c([2H])c([2H])c([2H])c([2H])c7c(-c7c([2H])c([2H])c([2H])c([2H])c7[2H])c7c([2H])c([2H])c([2H])c([2H])c67)c5-c5c([2H])c([2H])c([2H])c([2H])c5[2H])c([2H])c4[2H])c4ccccc34)nc12. The van der Waals surface area contributed by atoms with Gasteiger partial charge in [0, 0.05) is 44.8 Å². The van der Waals surface area contributed by atoms with E-state index in [1.165, 1.54) is 30.3 Å². The van der Waals surface area contributed by atoms with Crippen LogP contribution in [0.3, 0.4) is 0 Å². The summed E-state index contributed by atoms with van der Waals surface area (Å²) in [6, 6.07) is -24.2. The molecule has 67 heavy (non-hydrogen) atoms. The van der Waals surface area contributed by atoms with Crippen LogP contribution in [0.25, 0.3) is 133 Å². The van der Waals surface area contributed by atoms with Crippen molar-refractivity contribution in [3.8, 4) is 78.4 Å². The topological polar surface area (TPSA) is 38.9 Å². The first-order valence-corrected chi connectivity index (χ1v) is 20.0. The number of benzene rings is 10. The smallest absolute Gasteiger partial charge is 0.144 e. The van der Waals surface area contributed by atoms with Crippen LogP contribution < -0.4 is 0 Å². The fourth-order valence-corrected chi connectivity index (χ4v) is 8.21. The third kappa shape index (κ3) is 6.43. The van der Waals surface area contributed by atoms with Gasteiger partial charge in [-0.1, -0.05) is 224 Å². The second-order valence-corrected chi connectivity index (χ2v) is 14.6. The molecule has 0 amide bonds. The number of fused-ring (bicyclic) bond motifs is 6. The minimum absolute atomic E-state index is 0.0779. The van der Waals surface area contributed by atoms with E-state index in [1.807, 2.05) is 0 Å². The maximum Gasteiger partial charge on any atom is 0.144 e. The van der Waals surface area contributed by atoms with Crippen LogP contribution in [-0.4, -0.2) is 9.97 Å². The molecule has 0 spiro atoms. The van der Waals surface area contributed by atoms with Crippen LogP contribution in [0.2, 0.25) is 0 Å². The third-order valence-electron chi connectivity index (χ3n) is 11.0. The molecule has 0 aliphatic rings. The zero-order valence-electron chi connectivity index (χ0n) is 67.8. The normalized spacial score (nSPS) is 18.7. The van der Waals surface area contributed by atoms with Gasteiger partial charge in [0.05, 0.1) is 63.3 Å². The van der Waals surface area contributed by atoms with Crippen molar-refractivity contribution in [1.29, 1.82) is 0 Å². The van der Waals surface area contributed by atoms with Gasteiger partial charge in [-0.15, -0.1) is 0 Å². The van der Waals surface area contributed by atoms with Crippen LogP contribution in [0.5, 0.6) is 0 Å². The largest absolute Gasteiger partial charge is 0.455 e. The van der Waals surface area contributed by atoms with Crippen LogP contribution in [0.1, 0.15) is 46.6 Å². The molecule has 13 aromatic rings. The zero-order chi connectivity index (χ0) is 73.9. The van der Waals surface area contributed by atoms with Crippen molar-refractivity contribution in [2.75, 3.05) is 0 Å². The molecule has 10 aromatic carbocycles. The highest BCUT2D eigenvalue weighted by Gasteiger charge is 2.28. The Hall–Kier alpha value is -8.92. The van der Waals surface area contributed by atoms with Gasteiger partial charge in [0.2, 0.25) is 0 Å². The van der Waals surface area contributed by atoms with Crippen molar-refractivity contribution >= 4 is 54.1 Å². The van der Waals surface area contributed by atoms with Crippen LogP contribution >= 0.6 is 0 Å². The number of pyridine rings is 2. The molecule has 0 N–H and O–H groups in total. The van der Waals surface area contributed by atoms with Crippen LogP contribution in [-0.2, 0) is 0 Å². The van der Waals surface area contributed by atoms with E-state index in [-0.39, 0.29) is 49.4 Å². The predicted molar refractivity (Wildman–Crippen MR) is 280 cm³/mol. The van der Waals surface area contributed by atoms with E-state index < -0.39 is 289 Å². The summed E-state index contributed by atoms with van der Waals surface area (Å²) in [4.78, 5) is 8.81. The first-order valence-electron chi connectivity index (χ1n) is 37.0. The van der Waals surface area contributed by atoms with Crippen molar-refractivity contribution in [2.24, 2.45) is 0 Å². The molecule has 0 bridgehead atoms. The molecule has 0 saturated carbocycles. The number of furan rings is 1. The van der Waals surface area contributed by atoms with Gasteiger partial charge >= 0.3 is 0 Å². The van der Waals surface area contributed by atoms with Crippen LogP contribution in [0.4, 0.5) is 0 Å². The van der Waals surface area contributed by atoms with Gasteiger partial charge in [-0.05, 0) is 77.8 Å². The molecule has 3 aromatic heterocycles. The average Bonchev–Trinajstić information content (AvgIpc) is 1.68. The van der Waals surface area contributed by atoms with E-state index in [9.17, 15) is 20.6 Å². The molecule has 0 unspecified atom stereocenters. The lowest BCUT2D eigenvalue weighted by molar-refractivity contribution is 0.600. The Morgan fingerprint density at radius 3 is 1.45 bits per heavy atom. The van der Waals surface area contributed by atoms with E-state index in [4.69, 9.17) is 30.5 Å². The highest BCUT2D eigenvalue weighted by Crippen LogP contribution is 2.53. The van der Waals surface area contributed by atoms with Gasteiger partial charge in [-0.2, -0.15) is 0 Å². The van der Waals surface area contributed by atoms with E-state index >= 15 is 0 Å². The van der Waals surface area contributed by atoms with E-state index in [0.29, 0.717) is 0 Å². The molecule has 0 aliphatic heterocycles. The number of hydrogen-bond donors (Lipinski definition) is 0. The van der Waals surface area contributed by atoms with Crippen molar-refractivity contribution in [2.45, 2.75) is 0 Å². The first-order chi connectivity index (χ1) is 47.4. The molecule has 13 rings (SSSR count). The van der Waals surface area contributed by atoms with Crippen LogP contribution in [0, 0.1) is 0 Å². The molecular formula is C64H40N2O. The number of aromatic nitrogens is 2. The van der Waals surface area contributed by atoms with Crippen molar-refractivity contribution in [3.05, 3.63) is 242 Å². The van der Waals surface area contributed by atoms with E-state index in [2.05, 4.69) is 9.97 Å². The maximum absolute atomic E-state index is 10.2. The Kier molecular flexibility index (Phi) is 4.16.